The zero-order chi connectivity index (χ0) is 22.0. The Hall–Kier alpha value is -3.40. The number of amides is 2. The van der Waals surface area contributed by atoms with Crippen LogP contribution in [0.15, 0.2) is 30.3 Å². The molecule has 0 saturated heterocycles. The number of nitrogens with zero attached hydrogens (tertiary/aromatic N) is 4. The van der Waals surface area contributed by atoms with Crippen LogP contribution in [-0.4, -0.2) is 51.9 Å². The van der Waals surface area contributed by atoms with Gasteiger partial charge in [0, 0.05) is 30.5 Å². The summed E-state index contributed by atoms with van der Waals surface area (Å²) in [6.07, 6.45) is 0.0968. The predicted molar refractivity (Wildman–Crippen MR) is 116 cm³/mol. The topological polar surface area (TPSA) is 98.6 Å². The van der Waals surface area contributed by atoms with E-state index in [0.717, 1.165) is 16.1 Å². The fourth-order valence-corrected chi connectivity index (χ4v) is 4.50. The van der Waals surface area contributed by atoms with Gasteiger partial charge in [-0.15, -0.1) is 0 Å². The first-order valence-electron chi connectivity index (χ1n) is 9.89. The third-order valence-electron chi connectivity index (χ3n) is 4.98. The van der Waals surface area contributed by atoms with Crippen molar-refractivity contribution in [2.45, 2.75) is 19.9 Å². The number of aromatic nitrogens is 3. The highest BCUT2D eigenvalue weighted by atomic mass is 32.1. The van der Waals surface area contributed by atoms with Crippen LogP contribution in [0.5, 0.6) is 5.75 Å². The van der Waals surface area contributed by atoms with Gasteiger partial charge < -0.3 is 14.4 Å². The summed E-state index contributed by atoms with van der Waals surface area (Å²) in [7, 11) is 3.37. The number of thiazole rings is 1. The Kier molecular flexibility index (Phi) is 5.90. The second kappa shape index (κ2) is 8.76. The van der Waals surface area contributed by atoms with E-state index in [1.54, 1.807) is 36.7 Å². The van der Waals surface area contributed by atoms with Crippen molar-refractivity contribution in [1.82, 2.24) is 19.7 Å². The molecule has 1 aliphatic rings. The van der Waals surface area contributed by atoms with Crippen LogP contribution in [0.2, 0.25) is 0 Å². The van der Waals surface area contributed by atoms with Gasteiger partial charge in [-0.3, -0.25) is 14.8 Å². The van der Waals surface area contributed by atoms with Crippen LogP contribution < -0.4 is 10.1 Å². The van der Waals surface area contributed by atoms with Gasteiger partial charge in [0.2, 0.25) is 0 Å². The van der Waals surface area contributed by atoms with Gasteiger partial charge in [-0.05, 0) is 25.1 Å². The van der Waals surface area contributed by atoms with Crippen LogP contribution in [0.3, 0.4) is 0 Å². The van der Waals surface area contributed by atoms with E-state index < -0.39 is 6.09 Å². The summed E-state index contributed by atoms with van der Waals surface area (Å²) in [6.45, 7) is 3.02. The molecule has 4 rings (SSSR count). The minimum absolute atomic E-state index is 0.102. The smallest absolute Gasteiger partial charge is 0.413 e. The molecule has 0 spiro atoms. The third kappa shape index (κ3) is 4.24. The quantitative estimate of drug-likeness (QED) is 0.652. The van der Waals surface area contributed by atoms with Crippen molar-refractivity contribution < 1.29 is 19.1 Å². The number of ether oxygens (including phenoxy) is 2. The van der Waals surface area contributed by atoms with Crippen LogP contribution in [0.4, 0.5) is 9.93 Å². The Morgan fingerprint density at radius 1 is 1.29 bits per heavy atom. The van der Waals surface area contributed by atoms with E-state index in [4.69, 9.17) is 9.47 Å². The van der Waals surface area contributed by atoms with E-state index in [9.17, 15) is 9.59 Å². The zero-order valence-electron chi connectivity index (χ0n) is 17.5. The number of rotatable bonds is 5. The lowest BCUT2D eigenvalue weighted by atomic mass is 10.1. The molecule has 0 bridgehead atoms. The monoisotopic (exact) mass is 441 g/mol. The molecule has 3 aromatic rings. The number of carbonyl (C=O) groups is 2. The molecule has 31 heavy (non-hydrogen) atoms. The Bertz CT molecular complexity index is 1120. The molecule has 0 fully saturated rings. The lowest BCUT2D eigenvalue weighted by Crippen LogP contribution is -2.36. The van der Waals surface area contributed by atoms with Crippen molar-refractivity contribution >= 4 is 28.5 Å². The van der Waals surface area contributed by atoms with Crippen molar-refractivity contribution in [2.75, 3.05) is 25.6 Å². The molecule has 9 nitrogen and oxygen atoms in total. The number of hydrogen-bond donors (Lipinski definition) is 1. The van der Waals surface area contributed by atoms with Gasteiger partial charge in [0.15, 0.2) is 5.13 Å². The molecule has 10 heteroatoms. The number of fused-ring (bicyclic) bond motifs is 1. The normalized spacial score (nSPS) is 12.9. The van der Waals surface area contributed by atoms with E-state index in [2.05, 4.69) is 15.4 Å². The molecule has 0 unspecified atom stereocenters. The van der Waals surface area contributed by atoms with E-state index in [0.29, 0.717) is 48.4 Å². The largest absolute Gasteiger partial charge is 0.496 e. The third-order valence-corrected chi connectivity index (χ3v) is 5.98. The van der Waals surface area contributed by atoms with E-state index >= 15 is 0 Å². The molecule has 2 aromatic heterocycles. The Morgan fingerprint density at radius 3 is 2.87 bits per heavy atom. The molecule has 1 aliphatic heterocycles. The van der Waals surface area contributed by atoms with Crippen molar-refractivity contribution in [2.24, 2.45) is 7.05 Å². The van der Waals surface area contributed by atoms with Crippen LogP contribution in [0.1, 0.15) is 28.0 Å². The molecule has 0 radical (unpaired) electrons. The van der Waals surface area contributed by atoms with Crippen molar-refractivity contribution in [3.63, 3.8) is 0 Å². The molecular formula is C21H23N5O4S. The average molecular weight is 442 g/mol. The maximum absolute atomic E-state index is 13.2. The minimum atomic E-state index is -0.528. The Morgan fingerprint density at radius 2 is 2.10 bits per heavy atom. The summed E-state index contributed by atoms with van der Waals surface area (Å²) in [5.74, 6) is 0.601. The molecular weight excluding hydrogens is 418 g/mol. The predicted octanol–water partition coefficient (Wildman–Crippen LogP) is 3.32. The molecule has 0 atom stereocenters. The van der Waals surface area contributed by atoms with E-state index in [-0.39, 0.29) is 5.91 Å². The van der Waals surface area contributed by atoms with Gasteiger partial charge in [0.25, 0.3) is 5.91 Å². The summed E-state index contributed by atoms with van der Waals surface area (Å²) in [5.41, 5.74) is 2.91. The number of hydrogen-bond acceptors (Lipinski definition) is 7. The first-order chi connectivity index (χ1) is 15.0. The van der Waals surface area contributed by atoms with Crippen LogP contribution in [0.25, 0.3) is 11.3 Å². The highest BCUT2D eigenvalue weighted by molar-refractivity contribution is 7.15. The average Bonchev–Trinajstić information content (AvgIpc) is 3.35. The van der Waals surface area contributed by atoms with Crippen LogP contribution >= 0.6 is 11.3 Å². The molecule has 0 saturated carbocycles. The van der Waals surface area contributed by atoms with Crippen molar-refractivity contribution in [3.8, 4) is 17.0 Å². The summed E-state index contributed by atoms with van der Waals surface area (Å²) in [5, 5.41) is 7.64. The first-order valence-corrected chi connectivity index (χ1v) is 10.7. The highest BCUT2D eigenvalue weighted by Crippen LogP contribution is 2.31. The van der Waals surface area contributed by atoms with Gasteiger partial charge in [-0.2, -0.15) is 5.10 Å². The lowest BCUT2D eigenvalue weighted by molar-refractivity contribution is 0.0725. The maximum Gasteiger partial charge on any atom is 0.413 e. The SMILES string of the molecule is CCOC(=O)Nc1nc2c(s1)CN(C(=O)c1cc(-c3ccccc3OC)nn1C)CC2. The number of nitrogens with one attached hydrogen (secondary N) is 1. The van der Waals surface area contributed by atoms with E-state index in [1.807, 2.05) is 24.3 Å². The molecule has 3 heterocycles. The fraction of sp³-hybridized carbons (Fsp3) is 0.333. The molecule has 0 aliphatic carbocycles. The number of methoxy groups -OCH3 is 1. The molecule has 162 valence electrons. The Labute approximate surface area is 183 Å². The van der Waals surface area contributed by atoms with Gasteiger partial charge in [0.1, 0.15) is 11.4 Å². The summed E-state index contributed by atoms with van der Waals surface area (Å²) >= 11 is 1.36. The highest BCUT2D eigenvalue weighted by Gasteiger charge is 2.27. The summed E-state index contributed by atoms with van der Waals surface area (Å²) < 4.78 is 11.9. The second-order valence-corrected chi connectivity index (χ2v) is 8.03. The van der Waals surface area contributed by atoms with Crippen molar-refractivity contribution in [3.05, 3.63) is 46.6 Å². The summed E-state index contributed by atoms with van der Waals surface area (Å²) in [6, 6.07) is 9.37. The van der Waals surface area contributed by atoms with Gasteiger partial charge in [-0.25, -0.2) is 9.78 Å². The number of carbonyl (C=O) groups excluding carboxylic acids is 2. The van der Waals surface area contributed by atoms with Crippen molar-refractivity contribution in [1.29, 1.82) is 0 Å². The van der Waals surface area contributed by atoms with E-state index in [1.165, 1.54) is 11.3 Å². The minimum Gasteiger partial charge on any atom is -0.496 e. The van der Waals surface area contributed by atoms with Crippen LogP contribution in [-0.2, 0) is 24.8 Å². The van der Waals surface area contributed by atoms with Gasteiger partial charge >= 0.3 is 6.09 Å². The second-order valence-electron chi connectivity index (χ2n) is 6.95. The Balaban J connectivity index is 1.52. The molecule has 1 N–H and O–H groups in total. The number of aryl methyl sites for hydroxylation is 1. The van der Waals surface area contributed by atoms with Gasteiger partial charge in [0.05, 0.1) is 31.6 Å². The maximum atomic E-state index is 13.2. The lowest BCUT2D eigenvalue weighted by Gasteiger charge is -2.25. The summed E-state index contributed by atoms with van der Waals surface area (Å²) in [4.78, 5) is 32.1. The van der Waals surface area contributed by atoms with Crippen LogP contribution in [0, 0.1) is 0 Å². The zero-order valence-corrected chi connectivity index (χ0v) is 18.4. The number of anilines is 1. The number of benzene rings is 1. The fourth-order valence-electron chi connectivity index (χ4n) is 3.49. The number of para-hydroxylation sites is 1. The molecule has 1 aromatic carbocycles. The first kappa shape index (κ1) is 20.9. The van der Waals surface area contributed by atoms with Gasteiger partial charge in [-0.1, -0.05) is 23.5 Å². The molecule has 2 amide bonds. The standard InChI is InChI=1S/C21H23N5O4S/c1-4-30-21(28)23-20-22-14-9-10-26(12-18(14)31-20)19(27)16-11-15(24-25(16)2)13-7-5-6-8-17(13)29-3/h5-8,11H,4,9-10,12H2,1-3H3,(H,22,23,28).